The lowest BCUT2D eigenvalue weighted by atomic mass is 10.2. The summed E-state index contributed by atoms with van der Waals surface area (Å²) in [5, 5.41) is 12.0. The Kier molecular flexibility index (Phi) is 5.15. The van der Waals surface area contributed by atoms with Gasteiger partial charge < -0.3 is 5.32 Å². The molecule has 0 radical (unpaired) electrons. The van der Waals surface area contributed by atoms with Crippen LogP contribution in [0.25, 0.3) is 11.4 Å². The van der Waals surface area contributed by atoms with Gasteiger partial charge in [0, 0.05) is 17.5 Å². The normalized spacial score (nSPS) is 12.5. The van der Waals surface area contributed by atoms with Gasteiger partial charge in [-0.1, -0.05) is 36.4 Å². The van der Waals surface area contributed by atoms with Gasteiger partial charge in [-0.3, -0.25) is 9.59 Å². The van der Waals surface area contributed by atoms with E-state index in [-0.39, 0.29) is 12.2 Å². The molecule has 0 saturated carbocycles. The number of fused-ring (bicyclic) bond motifs is 1. The molecule has 2 aromatic heterocycles. The molecule has 7 heteroatoms. The first kappa shape index (κ1) is 19.9. The minimum atomic E-state index is -0.499. The number of carbonyl (C=O) groups is 1. The fourth-order valence-electron chi connectivity index (χ4n) is 4.22. The van der Waals surface area contributed by atoms with E-state index in [1.807, 2.05) is 65.3 Å². The Hall–Kier alpha value is -4.00. The van der Waals surface area contributed by atoms with Crippen molar-refractivity contribution < 1.29 is 4.79 Å². The minimum absolute atomic E-state index is 0.126. The molecule has 2 heterocycles. The maximum Gasteiger partial charge on any atom is 0.276 e. The molecule has 160 valence electrons. The Morgan fingerprint density at radius 1 is 0.938 bits per heavy atom. The number of amides is 1. The van der Waals surface area contributed by atoms with Crippen LogP contribution < -0.4 is 10.7 Å². The van der Waals surface area contributed by atoms with E-state index < -0.39 is 11.3 Å². The molecule has 0 bridgehead atoms. The highest BCUT2D eigenvalue weighted by Gasteiger charge is 2.24. The summed E-state index contributed by atoms with van der Waals surface area (Å²) in [4.78, 5) is 25.4. The quantitative estimate of drug-likeness (QED) is 0.533. The van der Waals surface area contributed by atoms with Crippen LogP contribution in [0.15, 0.2) is 71.5 Å². The molecule has 0 aliphatic heterocycles. The molecule has 0 atom stereocenters. The molecule has 0 fully saturated rings. The van der Waals surface area contributed by atoms with Crippen molar-refractivity contribution in [2.24, 2.45) is 0 Å². The van der Waals surface area contributed by atoms with Crippen molar-refractivity contribution in [1.82, 2.24) is 24.9 Å². The van der Waals surface area contributed by atoms with Crippen molar-refractivity contribution in [3.63, 3.8) is 0 Å². The fraction of sp³-hybridized carbons (Fsp3) is 0.200. The SMILES string of the molecule is Cc1cc(=O)c(C(=O)NCc2nn(-c3ccccc3)c3c2CCC3)nn1-c1ccccc1. The summed E-state index contributed by atoms with van der Waals surface area (Å²) in [6.07, 6.45) is 2.98. The predicted molar refractivity (Wildman–Crippen MR) is 121 cm³/mol. The second kappa shape index (κ2) is 8.26. The number of aromatic nitrogens is 4. The molecule has 1 amide bonds. The van der Waals surface area contributed by atoms with Gasteiger partial charge in [0.1, 0.15) is 0 Å². The Bertz CT molecular complexity index is 1340. The highest BCUT2D eigenvalue weighted by Crippen LogP contribution is 2.27. The molecule has 1 N–H and O–H groups in total. The van der Waals surface area contributed by atoms with E-state index in [1.54, 1.807) is 11.6 Å². The third-order valence-corrected chi connectivity index (χ3v) is 5.75. The number of para-hydroxylation sites is 2. The van der Waals surface area contributed by atoms with Gasteiger partial charge in [-0.15, -0.1) is 0 Å². The summed E-state index contributed by atoms with van der Waals surface area (Å²) in [7, 11) is 0. The smallest absolute Gasteiger partial charge is 0.276 e. The summed E-state index contributed by atoms with van der Waals surface area (Å²) in [5.74, 6) is -0.499. The van der Waals surface area contributed by atoms with Crippen LogP contribution in [0.2, 0.25) is 0 Å². The highest BCUT2D eigenvalue weighted by molar-refractivity contribution is 5.92. The predicted octanol–water partition coefficient (Wildman–Crippen LogP) is 3.15. The number of aryl methyl sites for hydroxylation is 1. The van der Waals surface area contributed by atoms with Crippen molar-refractivity contribution in [3.8, 4) is 11.4 Å². The first-order valence-corrected chi connectivity index (χ1v) is 10.7. The van der Waals surface area contributed by atoms with E-state index >= 15 is 0 Å². The Morgan fingerprint density at radius 2 is 1.59 bits per heavy atom. The van der Waals surface area contributed by atoms with Gasteiger partial charge in [0.2, 0.25) is 5.43 Å². The van der Waals surface area contributed by atoms with E-state index in [1.165, 1.54) is 17.3 Å². The first-order chi connectivity index (χ1) is 15.6. The molecule has 4 aromatic rings. The third-order valence-electron chi connectivity index (χ3n) is 5.75. The van der Waals surface area contributed by atoms with Crippen LogP contribution in [-0.2, 0) is 19.4 Å². The largest absolute Gasteiger partial charge is 0.345 e. The van der Waals surface area contributed by atoms with Crippen LogP contribution in [-0.4, -0.2) is 25.5 Å². The molecule has 5 rings (SSSR count). The van der Waals surface area contributed by atoms with Crippen LogP contribution in [0.4, 0.5) is 0 Å². The summed E-state index contributed by atoms with van der Waals surface area (Å²) in [5.41, 5.74) is 5.16. The molecule has 0 spiro atoms. The van der Waals surface area contributed by atoms with Gasteiger partial charge in [0.15, 0.2) is 5.69 Å². The maximum atomic E-state index is 12.9. The minimum Gasteiger partial charge on any atom is -0.345 e. The maximum absolute atomic E-state index is 12.9. The summed E-state index contributed by atoms with van der Waals surface area (Å²) in [6.45, 7) is 2.05. The fourth-order valence-corrected chi connectivity index (χ4v) is 4.22. The molecular weight excluding hydrogens is 402 g/mol. The van der Waals surface area contributed by atoms with Crippen molar-refractivity contribution in [1.29, 1.82) is 0 Å². The van der Waals surface area contributed by atoms with Gasteiger partial charge in [-0.05, 0) is 56.0 Å². The molecular formula is C25H23N5O2. The number of hydrogen-bond acceptors (Lipinski definition) is 4. The standard InChI is InChI=1S/C25H23N5O2/c1-17-15-23(31)24(28-29(17)18-9-4-2-5-10-18)25(32)26-16-21-20-13-8-14-22(20)30(27-21)19-11-6-3-7-12-19/h2-7,9-12,15H,8,13-14,16H2,1H3,(H,26,32). The molecule has 7 nitrogen and oxygen atoms in total. The molecule has 2 aromatic carbocycles. The van der Waals surface area contributed by atoms with Gasteiger partial charge in [-0.25, -0.2) is 9.36 Å². The number of nitrogens with zero attached hydrogens (tertiary/aromatic N) is 4. The van der Waals surface area contributed by atoms with Crippen LogP contribution in [0.1, 0.15) is 39.6 Å². The average Bonchev–Trinajstić information content (AvgIpc) is 3.42. The van der Waals surface area contributed by atoms with E-state index in [9.17, 15) is 9.59 Å². The zero-order valence-electron chi connectivity index (χ0n) is 17.8. The molecule has 1 aliphatic carbocycles. The van der Waals surface area contributed by atoms with Crippen LogP contribution in [0, 0.1) is 6.92 Å². The Morgan fingerprint density at radius 3 is 2.28 bits per heavy atom. The summed E-state index contributed by atoms with van der Waals surface area (Å²) >= 11 is 0. The number of carbonyl (C=O) groups excluding carboxylic acids is 1. The summed E-state index contributed by atoms with van der Waals surface area (Å²) in [6, 6.07) is 20.9. The summed E-state index contributed by atoms with van der Waals surface area (Å²) < 4.78 is 3.58. The Labute approximate surface area is 185 Å². The number of benzene rings is 2. The van der Waals surface area contributed by atoms with Gasteiger partial charge in [-0.2, -0.15) is 10.2 Å². The number of rotatable bonds is 5. The van der Waals surface area contributed by atoms with E-state index in [0.717, 1.165) is 36.3 Å². The Balaban J connectivity index is 1.41. The highest BCUT2D eigenvalue weighted by atomic mass is 16.2. The lowest BCUT2D eigenvalue weighted by molar-refractivity contribution is 0.0942. The second-order valence-electron chi connectivity index (χ2n) is 7.90. The molecule has 32 heavy (non-hydrogen) atoms. The van der Waals surface area contributed by atoms with E-state index in [0.29, 0.717) is 5.69 Å². The average molecular weight is 425 g/mol. The monoisotopic (exact) mass is 425 g/mol. The zero-order chi connectivity index (χ0) is 22.1. The zero-order valence-corrected chi connectivity index (χ0v) is 17.8. The number of nitrogens with one attached hydrogen (secondary N) is 1. The van der Waals surface area contributed by atoms with E-state index in [4.69, 9.17) is 5.10 Å². The van der Waals surface area contributed by atoms with Gasteiger partial charge in [0.25, 0.3) is 5.91 Å². The van der Waals surface area contributed by atoms with Gasteiger partial charge >= 0.3 is 0 Å². The number of hydrogen-bond donors (Lipinski definition) is 1. The molecule has 0 saturated heterocycles. The van der Waals surface area contributed by atoms with Crippen LogP contribution in [0.5, 0.6) is 0 Å². The molecule has 0 unspecified atom stereocenters. The van der Waals surface area contributed by atoms with E-state index in [2.05, 4.69) is 10.4 Å². The topological polar surface area (TPSA) is 81.8 Å². The van der Waals surface area contributed by atoms with Crippen LogP contribution in [0.3, 0.4) is 0 Å². The second-order valence-corrected chi connectivity index (χ2v) is 7.90. The van der Waals surface area contributed by atoms with Crippen molar-refractivity contribution in [2.75, 3.05) is 0 Å². The van der Waals surface area contributed by atoms with Crippen LogP contribution >= 0.6 is 0 Å². The van der Waals surface area contributed by atoms with Crippen molar-refractivity contribution >= 4 is 5.91 Å². The van der Waals surface area contributed by atoms with Crippen molar-refractivity contribution in [3.05, 3.63) is 105 Å². The lowest BCUT2D eigenvalue weighted by Crippen LogP contribution is -2.32. The van der Waals surface area contributed by atoms with Crippen molar-refractivity contribution in [2.45, 2.75) is 32.7 Å². The lowest BCUT2D eigenvalue weighted by Gasteiger charge is -2.11. The first-order valence-electron chi connectivity index (χ1n) is 10.7. The van der Waals surface area contributed by atoms with Gasteiger partial charge in [0.05, 0.1) is 23.6 Å². The third kappa shape index (κ3) is 3.62. The molecule has 1 aliphatic rings.